The topological polar surface area (TPSA) is 17.1 Å². The zero-order valence-corrected chi connectivity index (χ0v) is 9.71. The molecule has 0 aliphatic heterocycles. The van der Waals surface area contributed by atoms with E-state index in [9.17, 15) is 4.79 Å². The van der Waals surface area contributed by atoms with Crippen LogP contribution in [0.5, 0.6) is 0 Å². The van der Waals surface area contributed by atoms with Crippen LogP contribution in [0.25, 0.3) is 0 Å². The lowest BCUT2D eigenvalue weighted by Gasteiger charge is -2.37. The Labute approximate surface area is 91.6 Å². The lowest BCUT2D eigenvalue weighted by Crippen LogP contribution is -2.39. The smallest absolute Gasteiger partial charge is 0.147 e. The molecule has 0 bridgehead atoms. The number of fused-ring (bicyclic) bond motifs is 1. The molecule has 2 rings (SSSR count). The summed E-state index contributed by atoms with van der Waals surface area (Å²) in [5.74, 6) is 0.676. The van der Waals surface area contributed by atoms with Crippen LogP contribution in [0.2, 0.25) is 0 Å². The van der Waals surface area contributed by atoms with Gasteiger partial charge in [-0.05, 0) is 18.9 Å². The molecule has 0 aromatic rings. The van der Waals surface area contributed by atoms with Gasteiger partial charge >= 0.3 is 0 Å². The van der Waals surface area contributed by atoms with Crippen LogP contribution >= 0.6 is 0 Å². The molecule has 2 aliphatic rings. The molecule has 1 heteroatoms. The fourth-order valence-corrected chi connectivity index (χ4v) is 2.80. The van der Waals surface area contributed by atoms with Gasteiger partial charge in [-0.2, -0.15) is 0 Å². The van der Waals surface area contributed by atoms with Gasteiger partial charge in [0.2, 0.25) is 0 Å². The summed E-state index contributed by atoms with van der Waals surface area (Å²) in [6.07, 6.45) is 7.42. The Morgan fingerprint density at radius 2 is 2.27 bits per heavy atom. The van der Waals surface area contributed by atoms with Crippen molar-refractivity contribution in [2.75, 3.05) is 0 Å². The first-order chi connectivity index (χ1) is 6.97. The Bertz CT molecular complexity index is 386. The standard InChI is InChI=1S/C14H18O/c1-9(2)12-8-11-6-5-7-14(11,4)13(15)10(12)3/h5-6,8,10-11H,1,7H2,2-4H3/t10-,11+,14+/m0/s1. The molecule has 0 fully saturated rings. The van der Waals surface area contributed by atoms with Gasteiger partial charge < -0.3 is 0 Å². The highest BCUT2D eigenvalue weighted by Crippen LogP contribution is 2.47. The number of carbonyl (C=O) groups excluding carboxylic acids is 1. The predicted molar refractivity (Wildman–Crippen MR) is 62.4 cm³/mol. The van der Waals surface area contributed by atoms with Crippen LogP contribution < -0.4 is 0 Å². The molecule has 15 heavy (non-hydrogen) atoms. The number of allylic oxidation sites excluding steroid dienone is 5. The summed E-state index contributed by atoms with van der Waals surface area (Å²) in [5.41, 5.74) is 1.98. The van der Waals surface area contributed by atoms with Crippen LogP contribution in [-0.2, 0) is 4.79 Å². The van der Waals surface area contributed by atoms with Gasteiger partial charge in [0.15, 0.2) is 0 Å². The summed E-state index contributed by atoms with van der Waals surface area (Å²) >= 11 is 0. The number of ketones is 1. The summed E-state index contributed by atoms with van der Waals surface area (Å²) in [6.45, 7) is 10.0. The van der Waals surface area contributed by atoms with Crippen molar-refractivity contribution in [1.82, 2.24) is 0 Å². The van der Waals surface area contributed by atoms with E-state index in [0.29, 0.717) is 5.78 Å². The molecule has 3 atom stereocenters. The van der Waals surface area contributed by atoms with Gasteiger partial charge in [0.05, 0.1) is 0 Å². The van der Waals surface area contributed by atoms with E-state index in [1.807, 2.05) is 13.8 Å². The van der Waals surface area contributed by atoms with Crippen LogP contribution in [0.4, 0.5) is 0 Å². The minimum atomic E-state index is -0.182. The van der Waals surface area contributed by atoms with Crippen molar-refractivity contribution in [1.29, 1.82) is 0 Å². The summed E-state index contributed by atoms with van der Waals surface area (Å²) in [6, 6.07) is 0. The van der Waals surface area contributed by atoms with Gasteiger partial charge in [0, 0.05) is 17.3 Å². The highest BCUT2D eigenvalue weighted by molar-refractivity contribution is 5.92. The molecule has 0 unspecified atom stereocenters. The molecule has 0 aromatic heterocycles. The lowest BCUT2D eigenvalue weighted by atomic mass is 9.65. The summed E-state index contributed by atoms with van der Waals surface area (Å²) in [7, 11) is 0. The summed E-state index contributed by atoms with van der Waals surface area (Å²) < 4.78 is 0. The maximum atomic E-state index is 12.3. The molecule has 1 nitrogen and oxygen atoms in total. The minimum absolute atomic E-state index is 0.0173. The third kappa shape index (κ3) is 1.33. The van der Waals surface area contributed by atoms with Crippen molar-refractivity contribution in [2.45, 2.75) is 27.2 Å². The van der Waals surface area contributed by atoms with E-state index in [1.165, 1.54) is 0 Å². The SMILES string of the molecule is C=C(C)C1=C[C@H]2C=CC[C@@]2(C)C(=O)[C@H]1C. The van der Waals surface area contributed by atoms with E-state index in [0.717, 1.165) is 17.6 Å². The lowest BCUT2D eigenvalue weighted by molar-refractivity contribution is -0.131. The molecule has 0 aromatic carbocycles. The molecule has 0 heterocycles. The Kier molecular flexibility index (Phi) is 2.22. The quantitative estimate of drug-likeness (QED) is 0.596. The molecule has 0 N–H and O–H groups in total. The third-order valence-electron chi connectivity index (χ3n) is 3.90. The summed E-state index contributed by atoms with van der Waals surface area (Å²) in [5, 5.41) is 0. The average molecular weight is 202 g/mol. The van der Waals surface area contributed by atoms with Gasteiger partial charge in [0.1, 0.15) is 5.78 Å². The normalized spacial score (nSPS) is 38.9. The first kappa shape index (κ1) is 10.4. The van der Waals surface area contributed by atoms with Gasteiger partial charge in [-0.15, -0.1) is 0 Å². The van der Waals surface area contributed by atoms with Crippen LogP contribution in [0, 0.1) is 17.3 Å². The predicted octanol–water partition coefficient (Wildman–Crippen LogP) is 3.29. The second-order valence-electron chi connectivity index (χ2n) is 5.06. The van der Waals surface area contributed by atoms with Gasteiger partial charge in [-0.1, -0.05) is 44.2 Å². The number of rotatable bonds is 1. The minimum Gasteiger partial charge on any atom is -0.298 e. The first-order valence-corrected chi connectivity index (χ1v) is 5.55. The highest BCUT2D eigenvalue weighted by Gasteiger charge is 2.46. The van der Waals surface area contributed by atoms with E-state index in [4.69, 9.17) is 0 Å². The van der Waals surface area contributed by atoms with E-state index >= 15 is 0 Å². The molecule has 0 spiro atoms. The highest BCUT2D eigenvalue weighted by atomic mass is 16.1. The van der Waals surface area contributed by atoms with Crippen molar-refractivity contribution in [3.63, 3.8) is 0 Å². The average Bonchev–Trinajstić information content (AvgIpc) is 2.54. The molecular weight excluding hydrogens is 184 g/mol. The number of hydrogen-bond acceptors (Lipinski definition) is 1. The molecule has 0 radical (unpaired) electrons. The number of Topliss-reactive ketones (excluding diaryl/α,β-unsaturated/α-hetero) is 1. The van der Waals surface area contributed by atoms with E-state index in [2.05, 4.69) is 31.7 Å². The van der Waals surface area contributed by atoms with Crippen LogP contribution in [-0.4, -0.2) is 5.78 Å². The monoisotopic (exact) mass is 202 g/mol. The van der Waals surface area contributed by atoms with Crippen molar-refractivity contribution < 1.29 is 4.79 Å². The van der Waals surface area contributed by atoms with Crippen LogP contribution in [0.3, 0.4) is 0 Å². The largest absolute Gasteiger partial charge is 0.298 e. The maximum absolute atomic E-state index is 12.3. The van der Waals surface area contributed by atoms with Crippen LogP contribution in [0.1, 0.15) is 27.2 Å². The molecular formula is C14H18O. The third-order valence-corrected chi connectivity index (χ3v) is 3.90. The van der Waals surface area contributed by atoms with Gasteiger partial charge in [0.25, 0.3) is 0 Å². The molecule has 0 amide bonds. The Morgan fingerprint density at radius 1 is 1.60 bits per heavy atom. The molecule has 80 valence electrons. The van der Waals surface area contributed by atoms with Crippen molar-refractivity contribution in [3.05, 3.63) is 36.0 Å². The summed E-state index contributed by atoms with van der Waals surface area (Å²) in [4.78, 5) is 12.3. The Balaban J connectivity index is 2.48. The molecule has 2 aliphatic carbocycles. The number of carbonyl (C=O) groups is 1. The number of hydrogen-bond donors (Lipinski definition) is 0. The van der Waals surface area contributed by atoms with Crippen molar-refractivity contribution >= 4 is 5.78 Å². The maximum Gasteiger partial charge on any atom is 0.147 e. The molecule has 0 saturated carbocycles. The fraction of sp³-hybridized carbons (Fsp3) is 0.500. The van der Waals surface area contributed by atoms with Gasteiger partial charge in [-0.25, -0.2) is 0 Å². The van der Waals surface area contributed by atoms with Gasteiger partial charge in [-0.3, -0.25) is 4.79 Å². The Morgan fingerprint density at radius 3 is 2.87 bits per heavy atom. The zero-order valence-electron chi connectivity index (χ0n) is 9.71. The Hall–Kier alpha value is -1.11. The van der Waals surface area contributed by atoms with Crippen LogP contribution in [0.15, 0.2) is 36.0 Å². The fourth-order valence-electron chi connectivity index (χ4n) is 2.80. The first-order valence-electron chi connectivity index (χ1n) is 5.55. The zero-order chi connectivity index (χ0) is 11.2. The van der Waals surface area contributed by atoms with E-state index < -0.39 is 0 Å². The van der Waals surface area contributed by atoms with E-state index in [-0.39, 0.29) is 17.3 Å². The second-order valence-corrected chi connectivity index (χ2v) is 5.06. The van der Waals surface area contributed by atoms with E-state index in [1.54, 1.807) is 0 Å². The molecule has 0 saturated heterocycles. The van der Waals surface area contributed by atoms with Crippen molar-refractivity contribution in [3.8, 4) is 0 Å². The van der Waals surface area contributed by atoms with Crippen molar-refractivity contribution in [2.24, 2.45) is 17.3 Å². The second kappa shape index (κ2) is 3.19.